The summed E-state index contributed by atoms with van der Waals surface area (Å²) in [6, 6.07) is 15.2. The van der Waals surface area contributed by atoms with Gasteiger partial charge in [-0.25, -0.2) is 13.2 Å². The average molecular weight is 490 g/mol. The maximum Gasteiger partial charge on any atom is 0.340 e. The number of ether oxygens (including phenoxy) is 1. The number of benzene rings is 2. The number of carbonyl (C=O) groups is 1. The summed E-state index contributed by atoms with van der Waals surface area (Å²) < 4.78 is 32.8. The summed E-state index contributed by atoms with van der Waals surface area (Å²) in [5, 5.41) is 6.88. The number of sulfonamides is 1. The molecule has 0 aliphatic rings. The number of aryl methyl sites for hydroxylation is 2. The molecular weight excluding hydrogens is 466 g/mol. The Morgan fingerprint density at radius 1 is 1.09 bits per heavy atom. The van der Waals surface area contributed by atoms with Gasteiger partial charge in [0.25, 0.3) is 10.0 Å². The maximum atomic E-state index is 12.7. The molecule has 0 spiro atoms. The van der Waals surface area contributed by atoms with Gasteiger partial charge in [0.05, 0.1) is 23.3 Å². The number of hydrogen-bond acceptors (Lipinski definition) is 6. The van der Waals surface area contributed by atoms with E-state index in [4.69, 9.17) is 17.0 Å². The van der Waals surface area contributed by atoms with Crippen molar-refractivity contribution in [3.8, 4) is 0 Å². The van der Waals surface area contributed by atoms with Crippen molar-refractivity contribution >= 4 is 61.0 Å². The SMILES string of the molecule is CCc1cc(C(=O)OC)c(NC(=S)Nc2ccc(S(=O)(=O)Nc3ccccc3C)cc2)s1. The Labute approximate surface area is 196 Å². The van der Waals surface area contributed by atoms with Gasteiger partial charge >= 0.3 is 5.97 Å². The molecule has 10 heteroatoms. The van der Waals surface area contributed by atoms with E-state index in [1.165, 1.54) is 30.6 Å². The number of methoxy groups -OCH3 is 1. The minimum Gasteiger partial charge on any atom is -0.465 e. The van der Waals surface area contributed by atoms with Crippen LogP contribution in [0.3, 0.4) is 0 Å². The zero-order valence-electron chi connectivity index (χ0n) is 17.8. The number of carbonyl (C=O) groups excluding carboxylic acids is 1. The zero-order chi connectivity index (χ0) is 23.3. The molecule has 3 rings (SSSR count). The fraction of sp³-hybridized carbons (Fsp3) is 0.182. The molecule has 0 radical (unpaired) electrons. The van der Waals surface area contributed by atoms with Gasteiger partial charge in [-0.05, 0) is 67.5 Å². The lowest BCUT2D eigenvalue weighted by Crippen LogP contribution is -2.20. The summed E-state index contributed by atoms with van der Waals surface area (Å²) in [7, 11) is -2.39. The third-order valence-corrected chi connectivity index (χ3v) is 7.36. The van der Waals surface area contributed by atoms with E-state index in [2.05, 4.69) is 15.4 Å². The van der Waals surface area contributed by atoms with Crippen molar-refractivity contribution in [2.45, 2.75) is 25.2 Å². The van der Waals surface area contributed by atoms with Gasteiger partial charge in [0.2, 0.25) is 0 Å². The molecule has 3 aromatic rings. The van der Waals surface area contributed by atoms with Crippen molar-refractivity contribution < 1.29 is 17.9 Å². The van der Waals surface area contributed by atoms with E-state index in [0.717, 1.165) is 16.9 Å². The Kier molecular flexibility index (Phi) is 7.49. The molecular formula is C22H23N3O4S3. The summed E-state index contributed by atoms with van der Waals surface area (Å²) in [5.74, 6) is -0.443. The molecule has 7 nitrogen and oxygen atoms in total. The van der Waals surface area contributed by atoms with E-state index in [9.17, 15) is 13.2 Å². The summed E-state index contributed by atoms with van der Waals surface area (Å²) in [5.41, 5.74) is 2.38. The molecule has 3 N–H and O–H groups in total. The molecule has 0 atom stereocenters. The Morgan fingerprint density at radius 3 is 2.41 bits per heavy atom. The van der Waals surface area contributed by atoms with E-state index >= 15 is 0 Å². The van der Waals surface area contributed by atoms with Gasteiger partial charge in [-0.2, -0.15) is 0 Å². The van der Waals surface area contributed by atoms with Crippen LogP contribution in [-0.2, 0) is 21.2 Å². The van der Waals surface area contributed by atoms with E-state index in [-0.39, 0.29) is 10.0 Å². The van der Waals surface area contributed by atoms with E-state index in [1.807, 2.05) is 26.0 Å². The normalized spacial score (nSPS) is 11.0. The first kappa shape index (κ1) is 23.7. The first-order valence-corrected chi connectivity index (χ1v) is 12.4. The lowest BCUT2D eigenvalue weighted by molar-refractivity contribution is 0.0602. The van der Waals surface area contributed by atoms with Gasteiger partial charge in [-0.3, -0.25) is 4.72 Å². The summed E-state index contributed by atoms with van der Waals surface area (Å²) in [4.78, 5) is 13.2. The average Bonchev–Trinajstić information content (AvgIpc) is 3.17. The van der Waals surface area contributed by atoms with Gasteiger partial charge in [-0.15, -0.1) is 11.3 Å². The predicted molar refractivity (Wildman–Crippen MR) is 133 cm³/mol. The molecule has 1 heterocycles. The number of thiocarbonyl (C=S) groups is 1. The third kappa shape index (κ3) is 5.64. The second-order valence-corrected chi connectivity index (χ2v) is 10.1. The van der Waals surface area contributed by atoms with Gasteiger partial charge in [0.1, 0.15) is 5.00 Å². The zero-order valence-corrected chi connectivity index (χ0v) is 20.2. The van der Waals surface area contributed by atoms with Crippen LogP contribution in [0.1, 0.15) is 27.7 Å². The van der Waals surface area contributed by atoms with E-state index in [1.54, 1.807) is 30.3 Å². The number of nitrogens with one attached hydrogen (secondary N) is 3. The molecule has 0 aliphatic heterocycles. The molecule has 0 fully saturated rings. The predicted octanol–water partition coefficient (Wildman–Crippen LogP) is 5.02. The van der Waals surface area contributed by atoms with Gasteiger partial charge < -0.3 is 15.4 Å². The molecule has 2 aromatic carbocycles. The minimum absolute atomic E-state index is 0.129. The van der Waals surface area contributed by atoms with Crippen LogP contribution in [0.25, 0.3) is 0 Å². The van der Waals surface area contributed by atoms with Crippen molar-refractivity contribution in [1.29, 1.82) is 0 Å². The minimum atomic E-state index is -3.72. The van der Waals surface area contributed by atoms with Crippen molar-refractivity contribution in [2.75, 3.05) is 22.5 Å². The van der Waals surface area contributed by atoms with Crippen molar-refractivity contribution in [1.82, 2.24) is 0 Å². The van der Waals surface area contributed by atoms with Gasteiger partial charge in [0, 0.05) is 10.6 Å². The topological polar surface area (TPSA) is 96.5 Å². The quantitative estimate of drug-likeness (QED) is 0.317. The summed E-state index contributed by atoms with van der Waals surface area (Å²) in [6.07, 6.45) is 0.781. The van der Waals surface area contributed by atoms with Crippen LogP contribution < -0.4 is 15.4 Å². The molecule has 0 saturated carbocycles. The van der Waals surface area contributed by atoms with Gasteiger partial charge in [-0.1, -0.05) is 25.1 Å². The van der Waals surface area contributed by atoms with E-state index < -0.39 is 16.0 Å². The van der Waals surface area contributed by atoms with Crippen LogP contribution in [0.15, 0.2) is 59.5 Å². The van der Waals surface area contributed by atoms with Crippen LogP contribution in [-0.4, -0.2) is 26.6 Å². The molecule has 0 bridgehead atoms. The Morgan fingerprint density at radius 2 is 1.78 bits per heavy atom. The number of anilines is 3. The first-order chi connectivity index (χ1) is 15.2. The molecule has 0 amide bonds. The number of thiophene rings is 1. The Balaban J connectivity index is 1.69. The highest BCUT2D eigenvalue weighted by Gasteiger charge is 2.18. The standard InChI is InChI=1S/C22H23N3O4S3/c1-4-16-13-18(21(26)29-3)20(31-16)24-22(30)23-15-9-11-17(12-10-15)32(27,28)25-19-8-6-5-7-14(19)2/h5-13,25H,4H2,1-3H3,(H2,23,24,30). The lowest BCUT2D eigenvalue weighted by Gasteiger charge is -2.12. The largest absolute Gasteiger partial charge is 0.465 e. The smallest absolute Gasteiger partial charge is 0.340 e. The molecule has 1 aromatic heterocycles. The fourth-order valence-corrected chi connectivity index (χ4v) is 5.25. The van der Waals surface area contributed by atoms with E-state index in [0.29, 0.717) is 21.9 Å². The highest BCUT2D eigenvalue weighted by Crippen LogP contribution is 2.29. The monoisotopic (exact) mass is 489 g/mol. The molecule has 32 heavy (non-hydrogen) atoms. The van der Waals surface area contributed by atoms with Crippen LogP contribution in [0.5, 0.6) is 0 Å². The fourth-order valence-electron chi connectivity index (χ4n) is 2.84. The highest BCUT2D eigenvalue weighted by atomic mass is 32.2. The molecule has 0 aliphatic carbocycles. The molecule has 0 saturated heterocycles. The van der Waals surface area contributed by atoms with Crippen LogP contribution in [0.4, 0.5) is 16.4 Å². The number of hydrogen-bond donors (Lipinski definition) is 3. The maximum absolute atomic E-state index is 12.7. The third-order valence-electron chi connectivity index (χ3n) is 4.58. The second kappa shape index (κ2) is 10.1. The summed E-state index contributed by atoms with van der Waals surface area (Å²) >= 11 is 6.78. The second-order valence-electron chi connectivity index (χ2n) is 6.82. The Hall–Kier alpha value is -2.95. The van der Waals surface area contributed by atoms with Gasteiger partial charge in [0.15, 0.2) is 5.11 Å². The highest BCUT2D eigenvalue weighted by molar-refractivity contribution is 7.92. The van der Waals surface area contributed by atoms with Crippen molar-refractivity contribution in [3.05, 3.63) is 70.6 Å². The molecule has 0 unspecified atom stereocenters. The number of esters is 1. The molecule has 168 valence electrons. The lowest BCUT2D eigenvalue weighted by atomic mass is 10.2. The van der Waals surface area contributed by atoms with Crippen molar-refractivity contribution in [3.63, 3.8) is 0 Å². The number of rotatable bonds is 7. The first-order valence-electron chi connectivity index (χ1n) is 9.71. The number of para-hydroxylation sites is 1. The van der Waals surface area contributed by atoms with Crippen LogP contribution >= 0.6 is 23.6 Å². The summed E-state index contributed by atoms with van der Waals surface area (Å²) in [6.45, 7) is 3.83. The van der Waals surface area contributed by atoms with Crippen LogP contribution in [0.2, 0.25) is 0 Å². The van der Waals surface area contributed by atoms with Crippen LogP contribution in [0, 0.1) is 6.92 Å². The Bertz CT molecular complexity index is 1240. The van der Waals surface area contributed by atoms with Crippen molar-refractivity contribution in [2.24, 2.45) is 0 Å².